The van der Waals surface area contributed by atoms with Gasteiger partial charge >= 0.3 is 0 Å². The number of phenolic OH excluding ortho intramolecular Hbond substituents is 2. The first-order valence-corrected chi connectivity index (χ1v) is 6.80. The molecule has 0 aromatic heterocycles. The molecule has 0 radical (unpaired) electrons. The lowest BCUT2D eigenvalue weighted by molar-refractivity contribution is 0.0927. The summed E-state index contributed by atoms with van der Waals surface area (Å²) in [4.78, 5) is 23.6. The second-order valence-electron chi connectivity index (χ2n) is 4.76. The van der Waals surface area contributed by atoms with Crippen molar-refractivity contribution in [1.29, 1.82) is 0 Å². The predicted octanol–water partition coefficient (Wildman–Crippen LogP) is 1.40. The Morgan fingerprint density at radius 1 is 0.870 bits per heavy atom. The van der Waals surface area contributed by atoms with E-state index in [4.69, 9.17) is 0 Å². The Hall–Kier alpha value is -3.09. The van der Waals surface area contributed by atoms with E-state index in [1.807, 2.05) is 0 Å². The van der Waals surface area contributed by atoms with Crippen molar-refractivity contribution in [2.24, 2.45) is 0 Å². The van der Waals surface area contributed by atoms with Crippen LogP contribution in [-0.2, 0) is 0 Å². The number of hydrogen-bond donors (Lipinski definition) is 4. The van der Waals surface area contributed by atoms with Crippen LogP contribution in [0, 0.1) is 5.82 Å². The third kappa shape index (κ3) is 4.70. The van der Waals surface area contributed by atoms with Crippen LogP contribution in [0.5, 0.6) is 11.5 Å². The molecule has 0 aliphatic heterocycles. The van der Waals surface area contributed by atoms with Gasteiger partial charge in [-0.1, -0.05) is 6.07 Å². The minimum atomic E-state index is -0.505. The first-order chi connectivity index (χ1) is 11.0. The lowest BCUT2D eigenvalue weighted by atomic mass is 10.2. The van der Waals surface area contributed by atoms with E-state index in [-0.39, 0.29) is 35.7 Å². The maximum Gasteiger partial charge on any atom is 0.251 e. The second kappa shape index (κ2) is 7.26. The normalized spacial score (nSPS) is 10.1. The highest BCUT2D eigenvalue weighted by atomic mass is 19.1. The number of benzene rings is 2. The number of nitrogens with one attached hydrogen (secondary N) is 2. The number of rotatable bonds is 5. The zero-order valence-electron chi connectivity index (χ0n) is 12.0. The molecule has 0 aliphatic carbocycles. The molecule has 0 spiro atoms. The molecular formula is C16H15FN2O4. The van der Waals surface area contributed by atoms with Crippen molar-refractivity contribution >= 4 is 11.8 Å². The lowest BCUT2D eigenvalue weighted by Crippen LogP contribution is -2.34. The molecule has 0 bridgehead atoms. The summed E-state index contributed by atoms with van der Waals surface area (Å²) in [6, 6.07) is 8.79. The topological polar surface area (TPSA) is 98.7 Å². The Morgan fingerprint density at radius 2 is 1.43 bits per heavy atom. The van der Waals surface area contributed by atoms with E-state index in [1.165, 1.54) is 30.3 Å². The van der Waals surface area contributed by atoms with Crippen molar-refractivity contribution in [2.45, 2.75) is 0 Å². The summed E-state index contributed by atoms with van der Waals surface area (Å²) in [5, 5.41) is 23.7. The molecule has 23 heavy (non-hydrogen) atoms. The van der Waals surface area contributed by atoms with Gasteiger partial charge in [0.25, 0.3) is 11.8 Å². The van der Waals surface area contributed by atoms with Gasteiger partial charge in [-0.25, -0.2) is 4.39 Å². The molecule has 0 aliphatic rings. The fourth-order valence-electron chi connectivity index (χ4n) is 1.91. The zero-order chi connectivity index (χ0) is 16.8. The summed E-state index contributed by atoms with van der Waals surface area (Å²) < 4.78 is 13.0. The van der Waals surface area contributed by atoms with Crippen LogP contribution >= 0.6 is 0 Å². The van der Waals surface area contributed by atoms with E-state index in [9.17, 15) is 24.2 Å². The molecule has 4 N–H and O–H groups in total. The fraction of sp³-hybridized carbons (Fsp3) is 0.125. The quantitative estimate of drug-likeness (QED) is 0.626. The van der Waals surface area contributed by atoms with Crippen LogP contribution in [0.2, 0.25) is 0 Å². The van der Waals surface area contributed by atoms with E-state index in [1.54, 1.807) is 0 Å². The highest BCUT2D eigenvalue weighted by Crippen LogP contribution is 2.20. The summed E-state index contributed by atoms with van der Waals surface area (Å²) in [6.07, 6.45) is 0. The Morgan fingerprint density at radius 3 is 2.00 bits per heavy atom. The average Bonchev–Trinajstić information content (AvgIpc) is 2.50. The lowest BCUT2D eigenvalue weighted by Gasteiger charge is -2.08. The van der Waals surface area contributed by atoms with Gasteiger partial charge in [0.05, 0.1) is 0 Å². The highest BCUT2D eigenvalue weighted by molar-refractivity contribution is 5.95. The Bertz CT molecular complexity index is 714. The van der Waals surface area contributed by atoms with Crippen LogP contribution in [0.1, 0.15) is 20.7 Å². The van der Waals surface area contributed by atoms with Gasteiger partial charge in [-0.05, 0) is 30.3 Å². The van der Waals surface area contributed by atoms with Crippen LogP contribution in [0.3, 0.4) is 0 Å². The predicted molar refractivity (Wildman–Crippen MR) is 80.8 cm³/mol. The summed E-state index contributed by atoms with van der Waals surface area (Å²) >= 11 is 0. The first-order valence-electron chi connectivity index (χ1n) is 6.80. The van der Waals surface area contributed by atoms with Gasteiger partial charge in [-0.2, -0.15) is 0 Å². The minimum absolute atomic E-state index is 0.0963. The molecule has 6 nitrogen and oxygen atoms in total. The van der Waals surface area contributed by atoms with Crippen molar-refractivity contribution in [3.63, 3.8) is 0 Å². The number of halogens is 1. The van der Waals surface area contributed by atoms with Gasteiger partial charge in [0.2, 0.25) is 0 Å². The molecule has 0 saturated heterocycles. The minimum Gasteiger partial charge on any atom is -0.508 e. The fourth-order valence-corrected chi connectivity index (χ4v) is 1.91. The average molecular weight is 318 g/mol. The van der Waals surface area contributed by atoms with Crippen LogP contribution in [0.15, 0.2) is 42.5 Å². The third-order valence-electron chi connectivity index (χ3n) is 2.95. The Kier molecular flexibility index (Phi) is 5.14. The molecule has 0 heterocycles. The van der Waals surface area contributed by atoms with Crippen molar-refractivity contribution in [3.8, 4) is 11.5 Å². The smallest absolute Gasteiger partial charge is 0.251 e. The first kappa shape index (κ1) is 16.3. The van der Waals surface area contributed by atoms with Gasteiger partial charge in [0.15, 0.2) is 0 Å². The van der Waals surface area contributed by atoms with Crippen LogP contribution in [0.25, 0.3) is 0 Å². The Balaban J connectivity index is 1.81. The van der Waals surface area contributed by atoms with Crippen LogP contribution in [-0.4, -0.2) is 35.1 Å². The summed E-state index contributed by atoms with van der Waals surface area (Å²) in [5.74, 6) is -1.91. The molecule has 7 heteroatoms. The van der Waals surface area contributed by atoms with E-state index in [0.29, 0.717) is 0 Å². The Labute approximate surface area is 131 Å². The number of carbonyl (C=O) groups excluding carboxylic acids is 2. The van der Waals surface area contributed by atoms with Gasteiger partial charge in [-0.15, -0.1) is 0 Å². The molecule has 120 valence electrons. The summed E-state index contributed by atoms with van der Waals surface area (Å²) in [7, 11) is 0. The van der Waals surface area contributed by atoms with Gasteiger partial charge < -0.3 is 20.8 Å². The van der Waals surface area contributed by atoms with Gasteiger partial charge in [0.1, 0.15) is 17.3 Å². The van der Waals surface area contributed by atoms with E-state index in [2.05, 4.69) is 10.6 Å². The molecule has 0 saturated carbocycles. The van der Waals surface area contributed by atoms with Crippen molar-refractivity contribution in [3.05, 3.63) is 59.4 Å². The van der Waals surface area contributed by atoms with Crippen molar-refractivity contribution in [1.82, 2.24) is 10.6 Å². The molecule has 2 amide bonds. The number of hydrogen-bond acceptors (Lipinski definition) is 4. The van der Waals surface area contributed by atoms with Crippen molar-refractivity contribution < 1.29 is 24.2 Å². The molecule has 2 aromatic rings. The van der Waals surface area contributed by atoms with E-state index >= 15 is 0 Å². The summed E-state index contributed by atoms with van der Waals surface area (Å²) in [6.45, 7) is 0.280. The standard InChI is InChI=1S/C16H15FN2O4/c17-12-3-1-2-10(6-12)15(22)18-4-5-19-16(23)11-7-13(20)9-14(21)8-11/h1-3,6-9,20-21H,4-5H2,(H,18,22)(H,19,23). The molecule has 0 unspecified atom stereocenters. The monoisotopic (exact) mass is 318 g/mol. The number of carbonyl (C=O) groups is 2. The molecular weight excluding hydrogens is 303 g/mol. The maximum atomic E-state index is 13.0. The maximum absolute atomic E-state index is 13.0. The van der Waals surface area contributed by atoms with E-state index in [0.717, 1.165) is 12.1 Å². The van der Waals surface area contributed by atoms with Crippen LogP contribution < -0.4 is 10.6 Å². The zero-order valence-corrected chi connectivity index (χ0v) is 12.0. The largest absolute Gasteiger partial charge is 0.508 e. The molecule has 2 aromatic carbocycles. The highest BCUT2D eigenvalue weighted by Gasteiger charge is 2.09. The number of aromatic hydroxyl groups is 2. The van der Waals surface area contributed by atoms with Gasteiger partial charge in [-0.3, -0.25) is 9.59 Å². The SMILES string of the molecule is O=C(NCCNC(=O)c1cccc(F)c1)c1cc(O)cc(O)c1. The van der Waals surface area contributed by atoms with E-state index < -0.39 is 17.6 Å². The van der Waals surface area contributed by atoms with Crippen LogP contribution in [0.4, 0.5) is 4.39 Å². The molecule has 0 atom stereocenters. The molecule has 0 fully saturated rings. The second-order valence-corrected chi connectivity index (χ2v) is 4.76. The van der Waals surface area contributed by atoms with Crippen molar-refractivity contribution in [2.75, 3.05) is 13.1 Å². The molecule has 2 rings (SSSR count). The third-order valence-corrected chi connectivity index (χ3v) is 2.95. The number of amides is 2. The van der Waals surface area contributed by atoms with Gasteiger partial charge in [0, 0.05) is 30.3 Å². The summed E-state index contributed by atoms with van der Waals surface area (Å²) in [5.41, 5.74) is 0.285. The number of phenols is 2.